The van der Waals surface area contributed by atoms with E-state index in [-0.39, 0.29) is 11.3 Å². The third-order valence-corrected chi connectivity index (χ3v) is 4.52. The Labute approximate surface area is 130 Å². The maximum Gasteiger partial charge on any atom is 0.270 e. The van der Waals surface area contributed by atoms with E-state index in [4.69, 9.17) is 9.47 Å². The molecule has 2 heterocycles. The summed E-state index contributed by atoms with van der Waals surface area (Å²) < 4.78 is 12.6. The highest BCUT2D eigenvalue weighted by atomic mass is 32.1. The molecule has 0 spiro atoms. The van der Waals surface area contributed by atoms with Crippen molar-refractivity contribution in [3.63, 3.8) is 0 Å². The predicted molar refractivity (Wildman–Crippen MR) is 83.6 cm³/mol. The molecule has 0 saturated heterocycles. The molecular weight excluding hydrogens is 304 g/mol. The van der Waals surface area contributed by atoms with Crippen molar-refractivity contribution >= 4 is 17.4 Å². The molecule has 7 heteroatoms. The van der Waals surface area contributed by atoms with Gasteiger partial charge < -0.3 is 14.6 Å². The van der Waals surface area contributed by atoms with E-state index in [0.29, 0.717) is 22.6 Å². The average Bonchev–Trinajstić information content (AvgIpc) is 2.85. The second-order valence-corrected chi connectivity index (χ2v) is 5.87. The van der Waals surface area contributed by atoms with E-state index >= 15 is 0 Å². The first-order valence-electron chi connectivity index (χ1n) is 6.85. The molecule has 1 aromatic carbocycles. The molecule has 1 N–H and O–H groups in total. The number of nitrogens with zero attached hydrogens (tertiary/aromatic N) is 2. The maximum absolute atomic E-state index is 12.4. The van der Waals surface area contributed by atoms with Crippen LogP contribution in [0.3, 0.4) is 0 Å². The highest BCUT2D eigenvalue weighted by Crippen LogP contribution is 2.37. The molecule has 1 aromatic heterocycles. The van der Waals surface area contributed by atoms with Gasteiger partial charge in [-0.3, -0.25) is 14.4 Å². The Bertz CT molecular complexity index is 857. The molecule has 6 nitrogen and oxygen atoms in total. The van der Waals surface area contributed by atoms with Crippen LogP contribution >= 0.6 is 11.3 Å². The van der Waals surface area contributed by atoms with Gasteiger partial charge in [0, 0.05) is 13.1 Å². The zero-order valence-electron chi connectivity index (χ0n) is 12.3. The number of thiazole rings is 1. The molecule has 2 aromatic rings. The maximum atomic E-state index is 12.4. The van der Waals surface area contributed by atoms with Gasteiger partial charge >= 0.3 is 0 Å². The van der Waals surface area contributed by atoms with Crippen molar-refractivity contribution in [2.45, 2.75) is 13.0 Å². The van der Waals surface area contributed by atoms with E-state index in [1.165, 1.54) is 25.6 Å². The van der Waals surface area contributed by atoms with Crippen molar-refractivity contribution in [2.75, 3.05) is 20.8 Å². The largest absolute Gasteiger partial charge is 0.502 e. The molecule has 0 aliphatic carbocycles. The van der Waals surface area contributed by atoms with E-state index in [1.54, 1.807) is 22.8 Å². The van der Waals surface area contributed by atoms with Gasteiger partial charge in [-0.1, -0.05) is 11.3 Å². The first-order chi connectivity index (χ1) is 10.6. The lowest BCUT2D eigenvalue weighted by atomic mass is 10.1. The minimum Gasteiger partial charge on any atom is -0.502 e. The Morgan fingerprint density at radius 2 is 2.00 bits per heavy atom. The highest BCUT2D eigenvalue weighted by Gasteiger charge is 2.12. The van der Waals surface area contributed by atoms with E-state index in [1.807, 2.05) is 0 Å². The van der Waals surface area contributed by atoms with Crippen LogP contribution in [0.25, 0.3) is 6.08 Å². The number of hydrogen-bond donors (Lipinski definition) is 1. The summed E-state index contributed by atoms with van der Waals surface area (Å²) in [4.78, 5) is 17.5. The van der Waals surface area contributed by atoms with Gasteiger partial charge in [0.2, 0.25) is 5.75 Å². The third-order valence-electron chi connectivity index (χ3n) is 3.47. The average molecular weight is 320 g/mol. The van der Waals surface area contributed by atoms with Crippen molar-refractivity contribution in [3.8, 4) is 17.2 Å². The molecule has 3 rings (SSSR count). The molecule has 0 radical (unpaired) electrons. The van der Waals surface area contributed by atoms with Gasteiger partial charge in [-0.25, -0.2) is 0 Å². The summed E-state index contributed by atoms with van der Waals surface area (Å²) in [6.45, 7) is 1.48. The van der Waals surface area contributed by atoms with Gasteiger partial charge in [0.15, 0.2) is 16.3 Å². The van der Waals surface area contributed by atoms with Crippen LogP contribution in [0.5, 0.6) is 17.2 Å². The van der Waals surface area contributed by atoms with Crippen LogP contribution in [0.4, 0.5) is 0 Å². The van der Waals surface area contributed by atoms with Crippen molar-refractivity contribution in [3.05, 3.63) is 37.4 Å². The van der Waals surface area contributed by atoms with Crippen LogP contribution in [-0.4, -0.2) is 30.4 Å². The number of benzene rings is 1. The monoisotopic (exact) mass is 320 g/mol. The van der Waals surface area contributed by atoms with Crippen LogP contribution in [0, 0.1) is 0 Å². The topological polar surface area (TPSA) is 73.1 Å². The van der Waals surface area contributed by atoms with Crippen LogP contribution < -0.4 is 24.4 Å². The summed E-state index contributed by atoms with van der Waals surface area (Å²) >= 11 is 1.37. The third kappa shape index (κ3) is 2.48. The van der Waals surface area contributed by atoms with Gasteiger partial charge in [-0.15, -0.1) is 0 Å². The number of ether oxygens (including phenoxy) is 2. The van der Waals surface area contributed by atoms with Gasteiger partial charge in [-0.2, -0.15) is 0 Å². The minimum atomic E-state index is -0.0562. The molecule has 0 unspecified atom stereocenters. The number of methoxy groups -OCH3 is 2. The predicted octanol–water partition coefficient (Wildman–Crippen LogP) is 0.485. The fraction of sp³-hybridized carbons (Fsp3) is 0.333. The molecule has 1 aliphatic rings. The van der Waals surface area contributed by atoms with Gasteiger partial charge in [0.05, 0.1) is 18.8 Å². The molecule has 1 aliphatic heterocycles. The number of phenolic OH excluding ortho intramolecular Hbond substituents is 1. The zero-order chi connectivity index (χ0) is 15.7. The molecular formula is C15H16N2O4S. The fourth-order valence-corrected chi connectivity index (χ4v) is 3.40. The summed E-state index contributed by atoms with van der Waals surface area (Å²) in [6, 6.07) is 3.33. The van der Waals surface area contributed by atoms with Crippen molar-refractivity contribution in [1.29, 1.82) is 0 Å². The Morgan fingerprint density at radius 1 is 1.32 bits per heavy atom. The van der Waals surface area contributed by atoms with E-state index < -0.39 is 0 Å². The van der Waals surface area contributed by atoms with Crippen LogP contribution in [-0.2, 0) is 6.54 Å². The van der Waals surface area contributed by atoms with E-state index in [9.17, 15) is 9.90 Å². The Hall–Kier alpha value is -2.28. The second-order valence-electron chi connectivity index (χ2n) is 4.86. The summed E-state index contributed by atoms with van der Waals surface area (Å²) in [6.07, 6.45) is 2.66. The molecule has 22 heavy (non-hydrogen) atoms. The highest BCUT2D eigenvalue weighted by molar-refractivity contribution is 7.07. The SMILES string of the molecule is COc1cc(/C=c2\sc3n(c2=O)CCCN=3)cc(OC)c1O. The van der Waals surface area contributed by atoms with Crippen LogP contribution in [0.1, 0.15) is 12.0 Å². The van der Waals surface area contributed by atoms with Crippen LogP contribution in [0.15, 0.2) is 21.9 Å². The number of phenols is 1. The number of aromatic hydroxyl groups is 1. The standard InChI is InChI=1S/C15H16N2O4S/c1-20-10-6-9(7-11(21-2)13(10)18)8-12-14(19)17-5-3-4-16-15(17)22-12/h6-8,18H,3-5H2,1-2H3/b12-8-. The fourth-order valence-electron chi connectivity index (χ4n) is 2.37. The summed E-state index contributed by atoms with van der Waals surface area (Å²) in [5.41, 5.74) is 0.692. The Balaban J connectivity index is 2.18. The van der Waals surface area contributed by atoms with Gasteiger partial charge in [0.25, 0.3) is 5.56 Å². The van der Waals surface area contributed by atoms with Gasteiger partial charge in [-0.05, 0) is 30.2 Å². The van der Waals surface area contributed by atoms with Crippen molar-refractivity contribution in [1.82, 2.24) is 4.57 Å². The minimum absolute atomic E-state index is 0.0329. The molecule has 0 amide bonds. The number of hydrogen-bond acceptors (Lipinski definition) is 6. The molecule has 116 valence electrons. The summed E-state index contributed by atoms with van der Waals surface area (Å²) in [5.74, 6) is 0.549. The van der Waals surface area contributed by atoms with E-state index in [0.717, 1.165) is 23.3 Å². The quantitative estimate of drug-likeness (QED) is 0.893. The lowest BCUT2D eigenvalue weighted by Crippen LogP contribution is -2.33. The summed E-state index contributed by atoms with van der Waals surface area (Å²) in [7, 11) is 2.94. The lowest BCUT2D eigenvalue weighted by Gasteiger charge is -2.09. The second kappa shape index (κ2) is 5.84. The van der Waals surface area contributed by atoms with Crippen molar-refractivity contribution in [2.24, 2.45) is 4.99 Å². The molecule has 0 fully saturated rings. The Morgan fingerprint density at radius 3 is 2.59 bits per heavy atom. The zero-order valence-corrected chi connectivity index (χ0v) is 13.1. The Kier molecular flexibility index (Phi) is 3.89. The smallest absolute Gasteiger partial charge is 0.270 e. The molecule has 0 saturated carbocycles. The number of rotatable bonds is 3. The number of fused-ring (bicyclic) bond motifs is 1. The molecule has 0 atom stereocenters. The van der Waals surface area contributed by atoms with Gasteiger partial charge in [0.1, 0.15) is 0 Å². The first kappa shape index (κ1) is 14.6. The van der Waals surface area contributed by atoms with Crippen molar-refractivity contribution < 1.29 is 14.6 Å². The number of aromatic nitrogens is 1. The lowest BCUT2D eigenvalue weighted by molar-refractivity contribution is 0.340. The normalized spacial score (nSPS) is 14.4. The van der Waals surface area contributed by atoms with E-state index in [2.05, 4.69) is 4.99 Å². The summed E-state index contributed by atoms with van der Waals surface area (Å²) in [5, 5.41) is 9.92. The molecule has 0 bridgehead atoms. The first-order valence-corrected chi connectivity index (χ1v) is 7.66. The van der Waals surface area contributed by atoms with Crippen LogP contribution in [0.2, 0.25) is 0 Å².